The Morgan fingerprint density at radius 2 is 1.96 bits per heavy atom. The van der Waals surface area contributed by atoms with E-state index >= 15 is 0 Å². The number of hydrazine groups is 1. The molecule has 1 aliphatic rings. The Labute approximate surface area is 145 Å². The van der Waals surface area contributed by atoms with E-state index < -0.39 is 0 Å². The van der Waals surface area contributed by atoms with Crippen molar-refractivity contribution in [2.75, 3.05) is 6.61 Å². The van der Waals surface area contributed by atoms with Crippen LogP contribution in [-0.4, -0.2) is 18.4 Å². The third-order valence-electron chi connectivity index (χ3n) is 4.06. The molecular weight excluding hydrogens is 360 g/mol. The lowest BCUT2D eigenvalue weighted by Crippen LogP contribution is -2.46. The summed E-state index contributed by atoms with van der Waals surface area (Å²) >= 11 is 3.43. The van der Waals surface area contributed by atoms with Gasteiger partial charge in [0.15, 0.2) is 6.61 Å². The van der Waals surface area contributed by atoms with Crippen LogP contribution in [0.2, 0.25) is 0 Å². The molecule has 2 amide bonds. The van der Waals surface area contributed by atoms with Crippen molar-refractivity contribution in [3.05, 3.63) is 28.2 Å². The van der Waals surface area contributed by atoms with Crippen molar-refractivity contribution in [1.29, 1.82) is 0 Å². The minimum Gasteiger partial charge on any atom is -0.483 e. The fourth-order valence-electron chi connectivity index (χ4n) is 2.66. The molecule has 23 heavy (non-hydrogen) atoms. The van der Waals surface area contributed by atoms with Crippen molar-refractivity contribution in [2.24, 2.45) is 5.92 Å². The number of aryl methyl sites for hydroxylation is 1. The molecule has 2 N–H and O–H groups in total. The van der Waals surface area contributed by atoms with Gasteiger partial charge in [-0.25, -0.2) is 0 Å². The first kappa shape index (κ1) is 17.8. The third kappa shape index (κ3) is 5.53. The van der Waals surface area contributed by atoms with Gasteiger partial charge in [-0.05, 0) is 52.9 Å². The average Bonchev–Trinajstić information content (AvgIpc) is 2.59. The molecule has 1 aromatic carbocycles. The fraction of sp³-hybridized carbons (Fsp3) is 0.529. The number of carbonyl (C=O) groups is 2. The number of nitrogens with one attached hydrogen (secondary N) is 2. The highest BCUT2D eigenvalue weighted by Gasteiger charge is 2.21. The maximum Gasteiger partial charge on any atom is 0.276 e. The topological polar surface area (TPSA) is 67.4 Å². The van der Waals surface area contributed by atoms with E-state index in [0.29, 0.717) is 5.75 Å². The van der Waals surface area contributed by atoms with E-state index in [4.69, 9.17) is 4.74 Å². The first-order valence-corrected chi connectivity index (χ1v) is 8.89. The molecule has 6 heteroatoms. The molecular formula is C17H23BrN2O3. The lowest BCUT2D eigenvalue weighted by Gasteiger charge is -2.20. The van der Waals surface area contributed by atoms with E-state index in [1.165, 1.54) is 12.0 Å². The average molecular weight is 383 g/mol. The largest absolute Gasteiger partial charge is 0.483 e. The van der Waals surface area contributed by atoms with Gasteiger partial charge in [-0.2, -0.15) is 0 Å². The molecule has 0 aromatic heterocycles. The summed E-state index contributed by atoms with van der Waals surface area (Å²) in [4.78, 5) is 23.7. The lowest BCUT2D eigenvalue weighted by atomic mass is 9.89. The molecule has 0 heterocycles. The Hall–Kier alpha value is -1.56. The Bertz CT molecular complexity index is 557. The summed E-state index contributed by atoms with van der Waals surface area (Å²) in [5, 5.41) is 0. The number of hydrogen-bond acceptors (Lipinski definition) is 3. The highest BCUT2D eigenvalue weighted by atomic mass is 79.9. The number of rotatable bonds is 5. The molecule has 0 saturated heterocycles. The van der Waals surface area contributed by atoms with Gasteiger partial charge in [0.05, 0.1) is 4.47 Å². The normalized spacial score (nSPS) is 15.0. The fourth-order valence-corrected chi connectivity index (χ4v) is 3.20. The van der Waals surface area contributed by atoms with Crippen molar-refractivity contribution in [3.8, 4) is 5.75 Å². The van der Waals surface area contributed by atoms with Crippen molar-refractivity contribution < 1.29 is 14.3 Å². The van der Waals surface area contributed by atoms with E-state index in [0.717, 1.165) is 36.6 Å². The van der Waals surface area contributed by atoms with Crippen LogP contribution in [0.15, 0.2) is 22.7 Å². The Kier molecular flexibility index (Phi) is 6.89. The van der Waals surface area contributed by atoms with Crippen LogP contribution in [0.3, 0.4) is 0 Å². The van der Waals surface area contributed by atoms with Crippen molar-refractivity contribution in [3.63, 3.8) is 0 Å². The minimum absolute atomic E-state index is 0.0145. The van der Waals surface area contributed by atoms with Crippen LogP contribution in [0.4, 0.5) is 0 Å². The molecule has 126 valence electrons. The zero-order valence-corrected chi connectivity index (χ0v) is 14.9. The third-order valence-corrected chi connectivity index (χ3v) is 4.68. The van der Waals surface area contributed by atoms with Crippen molar-refractivity contribution in [1.82, 2.24) is 10.9 Å². The van der Waals surface area contributed by atoms with Gasteiger partial charge in [-0.1, -0.05) is 32.3 Å². The van der Waals surface area contributed by atoms with E-state index in [2.05, 4.69) is 33.7 Å². The summed E-state index contributed by atoms with van der Waals surface area (Å²) in [7, 11) is 0. The molecule has 0 unspecified atom stereocenters. The predicted octanol–water partition coefficient (Wildman–Crippen LogP) is 3.12. The molecule has 0 bridgehead atoms. The van der Waals surface area contributed by atoms with Gasteiger partial charge in [0.25, 0.3) is 5.91 Å². The van der Waals surface area contributed by atoms with Crippen LogP contribution in [-0.2, 0) is 16.0 Å². The number of benzene rings is 1. The summed E-state index contributed by atoms with van der Waals surface area (Å²) in [5.74, 6) is 0.142. The van der Waals surface area contributed by atoms with Crippen molar-refractivity contribution in [2.45, 2.75) is 45.4 Å². The van der Waals surface area contributed by atoms with Gasteiger partial charge in [0.2, 0.25) is 5.91 Å². The molecule has 1 aliphatic carbocycles. The maximum atomic E-state index is 11.9. The first-order valence-electron chi connectivity index (χ1n) is 8.10. The molecule has 5 nitrogen and oxygen atoms in total. The Balaban J connectivity index is 1.73. The summed E-state index contributed by atoms with van der Waals surface area (Å²) in [6, 6.07) is 5.76. The van der Waals surface area contributed by atoms with Crippen LogP contribution < -0.4 is 15.6 Å². The van der Waals surface area contributed by atoms with Crippen LogP contribution in [0, 0.1) is 5.92 Å². The summed E-state index contributed by atoms with van der Waals surface area (Å²) < 4.78 is 6.28. The maximum absolute atomic E-state index is 11.9. The zero-order chi connectivity index (χ0) is 16.7. The molecule has 1 fully saturated rings. The summed E-state index contributed by atoms with van der Waals surface area (Å²) in [6.07, 6.45) is 6.08. The quantitative estimate of drug-likeness (QED) is 0.768. The minimum atomic E-state index is -0.374. The van der Waals surface area contributed by atoms with E-state index in [1.807, 2.05) is 18.2 Å². The zero-order valence-electron chi connectivity index (χ0n) is 13.4. The van der Waals surface area contributed by atoms with Crippen LogP contribution in [0.5, 0.6) is 5.75 Å². The second-order valence-corrected chi connectivity index (χ2v) is 6.63. The van der Waals surface area contributed by atoms with Gasteiger partial charge in [0, 0.05) is 5.92 Å². The number of hydrogen-bond donors (Lipinski definition) is 2. The SMILES string of the molecule is CCc1ccc(OCC(=O)NNC(=O)C2CCCCC2)c(Br)c1. The van der Waals surface area contributed by atoms with E-state index in [1.54, 1.807) is 0 Å². The molecule has 1 aromatic rings. The van der Waals surface area contributed by atoms with Crippen molar-refractivity contribution >= 4 is 27.7 Å². The van der Waals surface area contributed by atoms with Crippen LogP contribution in [0.1, 0.15) is 44.6 Å². The lowest BCUT2D eigenvalue weighted by molar-refractivity contribution is -0.132. The Morgan fingerprint density at radius 3 is 2.61 bits per heavy atom. The predicted molar refractivity (Wildman–Crippen MR) is 91.9 cm³/mol. The molecule has 0 aliphatic heterocycles. The smallest absolute Gasteiger partial charge is 0.276 e. The standard InChI is InChI=1S/C17H23BrN2O3/c1-2-12-8-9-15(14(18)10-12)23-11-16(21)19-20-17(22)13-6-4-3-5-7-13/h8-10,13H,2-7,11H2,1H3,(H,19,21)(H,20,22). The van der Waals surface area contributed by atoms with E-state index in [9.17, 15) is 9.59 Å². The number of amides is 2. The summed E-state index contributed by atoms with van der Waals surface area (Å²) in [5.41, 5.74) is 6.09. The van der Waals surface area contributed by atoms with Crippen LogP contribution >= 0.6 is 15.9 Å². The monoisotopic (exact) mass is 382 g/mol. The summed E-state index contributed by atoms with van der Waals surface area (Å²) in [6.45, 7) is 1.93. The molecule has 0 radical (unpaired) electrons. The number of ether oxygens (including phenoxy) is 1. The van der Waals surface area contributed by atoms with Crippen LogP contribution in [0.25, 0.3) is 0 Å². The molecule has 1 saturated carbocycles. The van der Waals surface area contributed by atoms with Gasteiger partial charge in [-0.3, -0.25) is 20.4 Å². The second-order valence-electron chi connectivity index (χ2n) is 5.78. The first-order chi connectivity index (χ1) is 11.1. The Morgan fingerprint density at radius 1 is 1.22 bits per heavy atom. The van der Waals surface area contributed by atoms with Gasteiger partial charge < -0.3 is 4.74 Å². The molecule has 0 atom stereocenters. The second kappa shape index (κ2) is 8.91. The number of halogens is 1. The van der Waals surface area contributed by atoms with E-state index in [-0.39, 0.29) is 24.3 Å². The van der Waals surface area contributed by atoms with Gasteiger partial charge >= 0.3 is 0 Å². The molecule has 2 rings (SSSR count). The highest BCUT2D eigenvalue weighted by Crippen LogP contribution is 2.26. The van der Waals surface area contributed by atoms with Gasteiger partial charge in [0.1, 0.15) is 5.75 Å². The van der Waals surface area contributed by atoms with Gasteiger partial charge in [-0.15, -0.1) is 0 Å². The number of carbonyl (C=O) groups excluding carboxylic acids is 2. The molecule has 0 spiro atoms. The highest BCUT2D eigenvalue weighted by molar-refractivity contribution is 9.10.